The Kier molecular flexibility index (Phi) is 3.19. The first-order valence-corrected chi connectivity index (χ1v) is 6.39. The van der Waals surface area contributed by atoms with Crippen molar-refractivity contribution in [2.75, 3.05) is 7.11 Å². The molecule has 0 bridgehead atoms. The van der Waals surface area contributed by atoms with Gasteiger partial charge in [-0.1, -0.05) is 24.3 Å². The largest absolute Gasteiger partial charge is 0.497 e. The zero-order valence-electron chi connectivity index (χ0n) is 10.9. The Hall–Kier alpha value is -2.29. The minimum absolute atomic E-state index is 0.900. The van der Waals surface area contributed by atoms with E-state index in [-0.39, 0.29) is 0 Å². The second-order valence-electron chi connectivity index (χ2n) is 4.52. The molecule has 0 aliphatic heterocycles. The average molecular weight is 252 g/mol. The van der Waals surface area contributed by atoms with Crippen LogP contribution in [0, 0.1) is 0 Å². The van der Waals surface area contributed by atoms with E-state index in [4.69, 9.17) is 4.74 Å². The third-order valence-electron chi connectivity index (χ3n) is 3.33. The minimum atomic E-state index is 0.900. The van der Waals surface area contributed by atoms with Crippen molar-refractivity contribution >= 4 is 11.0 Å². The Morgan fingerprint density at radius 3 is 2.63 bits per heavy atom. The Labute approximate surface area is 112 Å². The fraction of sp³-hybridized carbons (Fsp3) is 0.188. The molecule has 0 fully saturated rings. The van der Waals surface area contributed by atoms with Gasteiger partial charge in [-0.3, -0.25) is 0 Å². The van der Waals surface area contributed by atoms with Gasteiger partial charge in [-0.2, -0.15) is 0 Å². The first-order valence-electron chi connectivity index (χ1n) is 6.39. The van der Waals surface area contributed by atoms with Gasteiger partial charge in [0.15, 0.2) is 0 Å². The molecule has 0 amide bonds. The van der Waals surface area contributed by atoms with Crippen molar-refractivity contribution < 1.29 is 4.74 Å². The third-order valence-corrected chi connectivity index (χ3v) is 3.33. The van der Waals surface area contributed by atoms with Crippen molar-refractivity contribution in [3.63, 3.8) is 0 Å². The van der Waals surface area contributed by atoms with Crippen molar-refractivity contribution in [1.82, 2.24) is 9.55 Å². The number of hydrogen-bond acceptors (Lipinski definition) is 2. The van der Waals surface area contributed by atoms with E-state index in [0.717, 1.165) is 24.2 Å². The molecular formula is C16H16N2O. The maximum Gasteiger partial charge on any atom is 0.118 e. The van der Waals surface area contributed by atoms with Gasteiger partial charge in [0.05, 0.1) is 24.5 Å². The van der Waals surface area contributed by atoms with Crippen LogP contribution >= 0.6 is 0 Å². The number of nitrogens with zero attached hydrogens (tertiary/aromatic N) is 2. The summed E-state index contributed by atoms with van der Waals surface area (Å²) >= 11 is 0. The molecule has 0 unspecified atom stereocenters. The molecule has 0 saturated heterocycles. The fourth-order valence-electron chi connectivity index (χ4n) is 2.23. The predicted octanol–water partition coefficient (Wildman–Crippen LogP) is 3.29. The van der Waals surface area contributed by atoms with Crippen LogP contribution in [-0.4, -0.2) is 16.7 Å². The molecule has 0 saturated carbocycles. The second-order valence-corrected chi connectivity index (χ2v) is 4.52. The Morgan fingerprint density at radius 2 is 1.84 bits per heavy atom. The summed E-state index contributed by atoms with van der Waals surface area (Å²) in [6.07, 6.45) is 2.90. The topological polar surface area (TPSA) is 27.1 Å². The van der Waals surface area contributed by atoms with Crippen LogP contribution in [0.5, 0.6) is 5.75 Å². The molecule has 2 aromatic carbocycles. The maximum absolute atomic E-state index is 5.16. The van der Waals surface area contributed by atoms with E-state index in [2.05, 4.69) is 27.8 Å². The SMILES string of the molecule is COc1ccc(CCn2cnc3ccccc32)cc1. The predicted molar refractivity (Wildman–Crippen MR) is 76.4 cm³/mol. The van der Waals surface area contributed by atoms with Crippen LogP contribution < -0.4 is 4.74 Å². The summed E-state index contributed by atoms with van der Waals surface area (Å²) in [7, 11) is 1.69. The van der Waals surface area contributed by atoms with E-state index in [1.807, 2.05) is 36.7 Å². The number of aryl methyl sites for hydroxylation is 2. The van der Waals surface area contributed by atoms with E-state index in [1.165, 1.54) is 11.1 Å². The van der Waals surface area contributed by atoms with Crippen molar-refractivity contribution in [1.29, 1.82) is 0 Å². The fourth-order valence-corrected chi connectivity index (χ4v) is 2.23. The van der Waals surface area contributed by atoms with E-state index < -0.39 is 0 Å². The first kappa shape index (κ1) is 11.8. The summed E-state index contributed by atoms with van der Waals surface area (Å²) in [6, 6.07) is 16.4. The van der Waals surface area contributed by atoms with Crippen LogP contribution in [0.1, 0.15) is 5.56 Å². The molecule has 96 valence electrons. The summed E-state index contributed by atoms with van der Waals surface area (Å²) in [5.74, 6) is 0.900. The summed E-state index contributed by atoms with van der Waals surface area (Å²) in [5.41, 5.74) is 3.55. The lowest BCUT2D eigenvalue weighted by Crippen LogP contribution is -1.99. The molecule has 1 aromatic heterocycles. The first-order chi connectivity index (χ1) is 9.36. The summed E-state index contributed by atoms with van der Waals surface area (Å²) in [5, 5.41) is 0. The second kappa shape index (κ2) is 5.14. The zero-order valence-corrected chi connectivity index (χ0v) is 10.9. The van der Waals surface area contributed by atoms with Gasteiger partial charge in [-0.05, 0) is 36.2 Å². The lowest BCUT2D eigenvalue weighted by molar-refractivity contribution is 0.414. The lowest BCUT2D eigenvalue weighted by Gasteiger charge is -2.05. The van der Waals surface area contributed by atoms with Crippen LogP contribution in [0.2, 0.25) is 0 Å². The monoisotopic (exact) mass is 252 g/mol. The molecule has 3 nitrogen and oxygen atoms in total. The van der Waals surface area contributed by atoms with Crippen molar-refractivity contribution in [2.24, 2.45) is 0 Å². The molecule has 3 rings (SSSR count). The van der Waals surface area contributed by atoms with Gasteiger partial charge in [-0.25, -0.2) is 4.98 Å². The van der Waals surface area contributed by atoms with E-state index in [1.54, 1.807) is 7.11 Å². The number of imidazole rings is 1. The molecule has 0 atom stereocenters. The number of fused-ring (bicyclic) bond motifs is 1. The Morgan fingerprint density at radius 1 is 1.05 bits per heavy atom. The van der Waals surface area contributed by atoms with Gasteiger partial charge >= 0.3 is 0 Å². The molecule has 0 spiro atoms. The molecular weight excluding hydrogens is 236 g/mol. The van der Waals surface area contributed by atoms with Crippen molar-refractivity contribution in [3.05, 3.63) is 60.4 Å². The maximum atomic E-state index is 5.16. The van der Waals surface area contributed by atoms with Gasteiger partial charge in [0.1, 0.15) is 5.75 Å². The highest BCUT2D eigenvalue weighted by molar-refractivity contribution is 5.74. The number of hydrogen-bond donors (Lipinski definition) is 0. The standard InChI is InChI=1S/C16H16N2O/c1-19-14-8-6-13(7-9-14)10-11-18-12-17-15-4-2-3-5-16(15)18/h2-9,12H,10-11H2,1H3. The smallest absolute Gasteiger partial charge is 0.118 e. The Balaban J connectivity index is 1.74. The van der Waals surface area contributed by atoms with Gasteiger partial charge in [0.2, 0.25) is 0 Å². The summed E-state index contributed by atoms with van der Waals surface area (Å²) in [6.45, 7) is 0.937. The Bertz CT molecular complexity index is 671. The van der Waals surface area contributed by atoms with Crippen LogP contribution in [0.3, 0.4) is 0 Å². The highest BCUT2D eigenvalue weighted by Gasteiger charge is 2.01. The molecule has 3 aromatic rings. The molecule has 19 heavy (non-hydrogen) atoms. The van der Waals surface area contributed by atoms with E-state index >= 15 is 0 Å². The molecule has 0 aliphatic carbocycles. The number of aromatic nitrogens is 2. The van der Waals surface area contributed by atoms with Gasteiger partial charge < -0.3 is 9.30 Å². The normalized spacial score (nSPS) is 10.8. The van der Waals surface area contributed by atoms with Crippen molar-refractivity contribution in [3.8, 4) is 5.75 Å². The summed E-state index contributed by atoms with van der Waals surface area (Å²) in [4.78, 5) is 4.40. The van der Waals surface area contributed by atoms with Gasteiger partial charge in [0.25, 0.3) is 0 Å². The third kappa shape index (κ3) is 2.45. The molecule has 0 radical (unpaired) electrons. The molecule has 0 aliphatic rings. The molecule has 3 heteroatoms. The zero-order chi connectivity index (χ0) is 13.1. The van der Waals surface area contributed by atoms with Crippen LogP contribution in [0.15, 0.2) is 54.9 Å². The van der Waals surface area contributed by atoms with Crippen LogP contribution in [0.4, 0.5) is 0 Å². The average Bonchev–Trinajstić information content (AvgIpc) is 2.89. The van der Waals surface area contributed by atoms with E-state index in [9.17, 15) is 0 Å². The highest BCUT2D eigenvalue weighted by Crippen LogP contribution is 2.15. The number of methoxy groups -OCH3 is 1. The van der Waals surface area contributed by atoms with Crippen LogP contribution in [0.25, 0.3) is 11.0 Å². The summed E-state index contributed by atoms with van der Waals surface area (Å²) < 4.78 is 7.36. The van der Waals surface area contributed by atoms with E-state index in [0.29, 0.717) is 0 Å². The van der Waals surface area contributed by atoms with Crippen molar-refractivity contribution in [2.45, 2.75) is 13.0 Å². The van der Waals surface area contributed by atoms with Gasteiger partial charge in [-0.15, -0.1) is 0 Å². The van der Waals surface area contributed by atoms with Gasteiger partial charge in [0, 0.05) is 6.54 Å². The minimum Gasteiger partial charge on any atom is -0.497 e. The molecule has 1 heterocycles. The number of benzene rings is 2. The number of rotatable bonds is 4. The number of ether oxygens (including phenoxy) is 1. The highest BCUT2D eigenvalue weighted by atomic mass is 16.5. The molecule has 0 N–H and O–H groups in total. The van der Waals surface area contributed by atoms with Crippen LogP contribution in [-0.2, 0) is 13.0 Å². The lowest BCUT2D eigenvalue weighted by atomic mass is 10.1. The quantitative estimate of drug-likeness (QED) is 0.712. The number of para-hydroxylation sites is 2.